The van der Waals surface area contributed by atoms with Crippen LogP contribution in [0.3, 0.4) is 0 Å². The maximum absolute atomic E-state index is 11.2. The molecule has 0 amide bonds. The molecule has 0 bridgehead atoms. The molecule has 62 valence electrons. The zero-order chi connectivity index (χ0) is 8.97. The van der Waals surface area contributed by atoms with Crippen LogP contribution in [0.1, 0.15) is 16.8 Å². The number of halogens is 1. The van der Waals surface area contributed by atoms with Crippen LogP contribution in [0.25, 0.3) is 0 Å². The van der Waals surface area contributed by atoms with Crippen LogP contribution in [0, 0.1) is 0 Å². The summed E-state index contributed by atoms with van der Waals surface area (Å²) >= 11 is 1.62. The van der Waals surface area contributed by atoms with Gasteiger partial charge in [-0.1, -0.05) is 30.3 Å². The number of hydrogen-bond acceptors (Lipinski definition) is 2. The van der Waals surface area contributed by atoms with E-state index in [1.54, 1.807) is 46.9 Å². The van der Waals surface area contributed by atoms with Crippen LogP contribution < -0.4 is 0 Å². The highest BCUT2D eigenvalue weighted by Gasteiger charge is 2.07. The summed E-state index contributed by atoms with van der Waals surface area (Å²) in [5.41, 5.74) is 0.600. The second-order valence-electron chi connectivity index (χ2n) is 2.32. The third kappa shape index (κ3) is 2.73. The van der Waals surface area contributed by atoms with Gasteiger partial charge in [0.2, 0.25) is 0 Å². The summed E-state index contributed by atoms with van der Waals surface area (Å²) in [7, 11) is 0. The zero-order valence-electron chi connectivity index (χ0n) is 6.29. The molecule has 1 rings (SSSR count). The Balaban J connectivity index is 2.73. The standard InChI is InChI=1S/C9H7IO2/c10-9(12)6-8(11)7-4-2-1-3-5-7/h1-5H,6H2. The minimum atomic E-state index is -0.124. The Hall–Kier alpha value is -0.710. The first-order valence-corrected chi connectivity index (χ1v) is 4.54. The molecule has 1 aromatic carbocycles. The molecular formula is C9H7IO2. The van der Waals surface area contributed by atoms with E-state index >= 15 is 0 Å². The lowest BCUT2D eigenvalue weighted by atomic mass is 10.1. The van der Waals surface area contributed by atoms with Crippen LogP contribution >= 0.6 is 22.6 Å². The second kappa shape index (κ2) is 4.35. The first-order chi connectivity index (χ1) is 5.70. The summed E-state index contributed by atoms with van der Waals surface area (Å²) in [6, 6.07) is 8.82. The molecule has 0 spiro atoms. The molecule has 0 atom stereocenters. The van der Waals surface area contributed by atoms with Crippen molar-refractivity contribution < 1.29 is 9.59 Å². The average Bonchev–Trinajstić information content (AvgIpc) is 2.05. The van der Waals surface area contributed by atoms with Gasteiger partial charge in [0.05, 0.1) is 6.42 Å². The minimum Gasteiger partial charge on any atom is -0.294 e. The van der Waals surface area contributed by atoms with Crippen LogP contribution in [-0.2, 0) is 4.79 Å². The molecular weight excluding hydrogens is 267 g/mol. The molecule has 0 radical (unpaired) electrons. The molecule has 0 aliphatic carbocycles. The summed E-state index contributed by atoms with van der Waals surface area (Å²) in [6.07, 6.45) is -0.00935. The molecule has 0 saturated carbocycles. The summed E-state index contributed by atoms with van der Waals surface area (Å²) in [4.78, 5) is 21.8. The number of Topliss-reactive ketones (excluding diaryl/α,β-unsaturated/α-hetero) is 1. The first-order valence-electron chi connectivity index (χ1n) is 3.47. The number of benzene rings is 1. The van der Waals surface area contributed by atoms with Crippen molar-refractivity contribution in [3.63, 3.8) is 0 Å². The van der Waals surface area contributed by atoms with Crippen molar-refractivity contribution in [1.29, 1.82) is 0 Å². The lowest BCUT2D eigenvalue weighted by Crippen LogP contribution is -2.02. The largest absolute Gasteiger partial charge is 0.294 e. The van der Waals surface area contributed by atoms with E-state index in [2.05, 4.69) is 0 Å². The van der Waals surface area contributed by atoms with E-state index < -0.39 is 0 Å². The third-order valence-corrected chi connectivity index (χ3v) is 1.78. The zero-order valence-corrected chi connectivity index (χ0v) is 8.45. The topological polar surface area (TPSA) is 34.1 Å². The van der Waals surface area contributed by atoms with Gasteiger partial charge in [-0.25, -0.2) is 0 Å². The van der Waals surface area contributed by atoms with Crippen LogP contribution in [-0.4, -0.2) is 9.57 Å². The highest BCUT2D eigenvalue weighted by atomic mass is 127. The molecule has 0 fully saturated rings. The maximum atomic E-state index is 11.2. The molecule has 0 aliphatic heterocycles. The molecule has 0 saturated heterocycles. The quantitative estimate of drug-likeness (QED) is 0.366. The Morgan fingerprint density at radius 3 is 2.25 bits per heavy atom. The van der Waals surface area contributed by atoms with Gasteiger partial charge < -0.3 is 0 Å². The van der Waals surface area contributed by atoms with Crippen LogP contribution in [0.15, 0.2) is 30.3 Å². The van der Waals surface area contributed by atoms with Crippen LogP contribution in [0.2, 0.25) is 0 Å². The Morgan fingerprint density at radius 1 is 1.17 bits per heavy atom. The van der Waals surface area contributed by atoms with Gasteiger partial charge in [0, 0.05) is 28.2 Å². The molecule has 3 heteroatoms. The van der Waals surface area contributed by atoms with Crippen molar-refractivity contribution in [2.75, 3.05) is 0 Å². The number of hydrogen-bond donors (Lipinski definition) is 0. The Kier molecular flexibility index (Phi) is 3.40. The average molecular weight is 274 g/mol. The second-order valence-corrected chi connectivity index (χ2v) is 3.52. The van der Waals surface area contributed by atoms with E-state index in [1.807, 2.05) is 6.07 Å². The molecule has 1 aromatic rings. The number of rotatable bonds is 3. The van der Waals surface area contributed by atoms with Crippen LogP contribution in [0.4, 0.5) is 0 Å². The monoisotopic (exact) mass is 274 g/mol. The van der Waals surface area contributed by atoms with E-state index in [-0.39, 0.29) is 16.0 Å². The number of ketones is 1. The SMILES string of the molecule is O=C(I)CC(=O)c1ccccc1. The summed E-state index contributed by atoms with van der Waals surface area (Å²) < 4.78 is -0.124. The Bertz CT molecular complexity index is 293. The fraction of sp³-hybridized carbons (Fsp3) is 0.111. The van der Waals surface area contributed by atoms with Crippen molar-refractivity contribution >= 4 is 32.2 Å². The van der Waals surface area contributed by atoms with Gasteiger partial charge in [0.15, 0.2) is 9.57 Å². The minimum absolute atomic E-state index is 0.00935. The molecule has 0 unspecified atom stereocenters. The Labute approximate surface area is 84.1 Å². The van der Waals surface area contributed by atoms with Gasteiger partial charge in [0.1, 0.15) is 0 Å². The van der Waals surface area contributed by atoms with Gasteiger partial charge in [-0.3, -0.25) is 9.59 Å². The van der Waals surface area contributed by atoms with E-state index in [9.17, 15) is 9.59 Å². The van der Waals surface area contributed by atoms with Crippen molar-refractivity contribution in [1.82, 2.24) is 0 Å². The van der Waals surface area contributed by atoms with Gasteiger partial charge in [-0.05, 0) is 0 Å². The van der Waals surface area contributed by atoms with Crippen LogP contribution in [0.5, 0.6) is 0 Å². The van der Waals surface area contributed by atoms with Gasteiger partial charge >= 0.3 is 0 Å². The van der Waals surface area contributed by atoms with Crippen molar-refractivity contribution in [2.45, 2.75) is 6.42 Å². The summed E-state index contributed by atoms with van der Waals surface area (Å²) in [5, 5.41) is 0. The predicted molar refractivity (Wildman–Crippen MR) is 54.4 cm³/mol. The van der Waals surface area contributed by atoms with Crippen molar-refractivity contribution in [2.24, 2.45) is 0 Å². The summed E-state index contributed by atoms with van der Waals surface area (Å²) in [6.45, 7) is 0. The van der Waals surface area contributed by atoms with E-state index in [1.165, 1.54) is 0 Å². The van der Waals surface area contributed by atoms with Crippen molar-refractivity contribution in [3.8, 4) is 0 Å². The Morgan fingerprint density at radius 2 is 1.75 bits per heavy atom. The third-order valence-electron chi connectivity index (χ3n) is 1.40. The normalized spacial score (nSPS) is 9.42. The fourth-order valence-electron chi connectivity index (χ4n) is 0.852. The molecule has 0 N–H and O–H groups in total. The van der Waals surface area contributed by atoms with Gasteiger partial charge in [-0.2, -0.15) is 0 Å². The summed E-state index contributed by atoms with van der Waals surface area (Å²) in [5.74, 6) is -0.116. The fourth-order valence-corrected chi connectivity index (χ4v) is 1.20. The molecule has 0 heterocycles. The smallest absolute Gasteiger partial charge is 0.200 e. The maximum Gasteiger partial charge on any atom is 0.200 e. The number of carbonyl (C=O) groups is 2. The lowest BCUT2D eigenvalue weighted by molar-refractivity contribution is -0.108. The number of carbonyl (C=O) groups excluding carboxylic acids is 2. The molecule has 0 aromatic heterocycles. The molecule has 0 aliphatic rings. The van der Waals surface area contributed by atoms with Gasteiger partial charge in [-0.15, -0.1) is 0 Å². The van der Waals surface area contributed by atoms with E-state index in [4.69, 9.17) is 0 Å². The van der Waals surface area contributed by atoms with E-state index in [0.717, 1.165) is 0 Å². The lowest BCUT2D eigenvalue weighted by Gasteiger charge is -1.95. The highest BCUT2D eigenvalue weighted by molar-refractivity contribution is 14.1. The first kappa shape index (κ1) is 9.38. The van der Waals surface area contributed by atoms with Crippen molar-refractivity contribution in [3.05, 3.63) is 35.9 Å². The van der Waals surface area contributed by atoms with Gasteiger partial charge in [0.25, 0.3) is 0 Å². The predicted octanol–water partition coefficient (Wildman–Crippen LogP) is 2.22. The highest BCUT2D eigenvalue weighted by Crippen LogP contribution is 2.05. The molecule has 2 nitrogen and oxygen atoms in total. The van der Waals surface area contributed by atoms with E-state index in [0.29, 0.717) is 5.56 Å². The molecule has 12 heavy (non-hydrogen) atoms.